The zero-order chi connectivity index (χ0) is 23.6. The van der Waals surface area contributed by atoms with Crippen molar-refractivity contribution in [3.63, 3.8) is 0 Å². The van der Waals surface area contributed by atoms with E-state index in [1.54, 1.807) is 24.3 Å². The summed E-state index contributed by atoms with van der Waals surface area (Å²) in [6, 6.07) is 21.0. The van der Waals surface area contributed by atoms with Gasteiger partial charge in [0.15, 0.2) is 0 Å². The average Bonchev–Trinajstić information content (AvgIpc) is 3.07. The molecule has 0 radical (unpaired) electrons. The molecule has 0 aliphatic rings. The summed E-state index contributed by atoms with van der Waals surface area (Å²) in [7, 11) is -3.72. The number of H-pyrrole nitrogens is 1. The topological polar surface area (TPSA) is 96.3 Å². The van der Waals surface area contributed by atoms with Crippen LogP contribution in [0.15, 0.2) is 87.5 Å². The lowest BCUT2D eigenvalue weighted by Gasteiger charge is -2.10. The van der Waals surface area contributed by atoms with Gasteiger partial charge in [-0.05, 0) is 74.4 Å². The van der Waals surface area contributed by atoms with E-state index in [1.165, 1.54) is 23.0 Å². The second-order valence-corrected chi connectivity index (χ2v) is 9.48. The number of hydrogen-bond acceptors (Lipinski definition) is 4. The number of aliphatic imine (C=N–C) groups is 1. The standard InChI is InChI=1S/C25H24N4O3S/c1-17-7-6-9-21(15-17)29-25(30)23(19(3)27-29)16-26-20-11-13-22(14-12-20)33(31,32)28-24-10-5-4-8-18(24)2/h4-16,27-28H,1-3H3. The van der Waals surface area contributed by atoms with Gasteiger partial charge in [-0.1, -0.05) is 30.3 Å². The van der Waals surface area contributed by atoms with Crippen LogP contribution in [0.3, 0.4) is 0 Å². The van der Waals surface area contributed by atoms with Crippen molar-refractivity contribution in [2.75, 3.05) is 4.72 Å². The molecule has 1 heterocycles. The smallest absolute Gasteiger partial charge is 0.280 e. The van der Waals surface area contributed by atoms with Crippen LogP contribution in [-0.4, -0.2) is 24.4 Å². The second kappa shape index (κ2) is 8.91. The van der Waals surface area contributed by atoms with Gasteiger partial charge < -0.3 is 0 Å². The molecule has 4 aromatic rings. The van der Waals surface area contributed by atoms with E-state index < -0.39 is 10.0 Å². The van der Waals surface area contributed by atoms with Crippen LogP contribution in [0.1, 0.15) is 22.4 Å². The Morgan fingerprint density at radius 3 is 2.36 bits per heavy atom. The number of nitrogens with zero attached hydrogens (tertiary/aromatic N) is 2. The highest BCUT2D eigenvalue weighted by atomic mass is 32.2. The average molecular weight is 461 g/mol. The zero-order valence-electron chi connectivity index (χ0n) is 18.5. The minimum Gasteiger partial charge on any atom is -0.295 e. The van der Waals surface area contributed by atoms with Gasteiger partial charge in [0.2, 0.25) is 0 Å². The number of para-hydroxylation sites is 1. The van der Waals surface area contributed by atoms with Gasteiger partial charge in [0.1, 0.15) is 0 Å². The van der Waals surface area contributed by atoms with E-state index >= 15 is 0 Å². The van der Waals surface area contributed by atoms with Crippen molar-refractivity contribution in [2.45, 2.75) is 25.7 Å². The molecule has 3 aromatic carbocycles. The lowest BCUT2D eigenvalue weighted by molar-refractivity contribution is 0.601. The monoisotopic (exact) mass is 460 g/mol. The molecule has 0 aliphatic carbocycles. The molecule has 4 rings (SSSR count). The highest BCUT2D eigenvalue weighted by Gasteiger charge is 2.15. The fourth-order valence-corrected chi connectivity index (χ4v) is 4.53. The van der Waals surface area contributed by atoms with Crippen LogP contribution in [0.4, 0.5) is 11.4 Å². The summed E-state index contributed by atoms with van der Waals surface area (Å²) in [5.41, 5.74) is 4.62. The van der Waals surface area contributed by atoms with Crippen LogP contribution < -0.4 is 10.3 Å². The molecule has 168 valence electrons. The maximum atomic E-state index is 12.9. The van der Waals surface area contributed by atoms with Gasteiger partial charge in [-0.25, -0.2) is 13.1 Å². The van der Waals surface area contributed by atoms with E-state index in [-0.39, 0.29) is 10.5 Å². The Kier molecular flexibility index (Phi) is 6.02. The van der Waals surface area contributed by atoms with Crippen molar-refractivity contribution >= 4 is 27.6 Å². The van der Waals surface area contributed by atoms with Crippen molar-refractivity contribution < 1.29 is 8.42 Å². The van der Waals surface area contributed by atoms with E-state index in [9.17, 15) is 13.2 Å². The van der Waals surface area contributed by atoms with Crippen LogP contribution >= 0.6 is 0 Å². The molecule has 0 bridgehead atoms. The van der Waals surface area contributed by atoms with Crippen LogP contribution in [0.5, 0.6) is 0 Å². The fourth-order valence-electron chi connectivity index (χ4n) is 3.40. The Labute approximate surface area is 192 Å². The van der Waals surface area contributed by atoms with Crippen LogP contribution in [0.2, 0.25) is 0 Å². The first-order chi connectivity index (χ1) is 15.7. The van der Waals surface area contributed by atoms with Crippen LogP contribution in [-0.2, 0) is 10.0 Å². The first-order valence-corrected chi connectivity index (χ1v) is 11.8. The first-order valence-electron chi connectivity index (χ1n) is 10.4. The van der Waals surface area contributed by atoms with E-state index in [4.69, 9.17) is 0 Å². The van der Waals surface area contributed by atoms with Crippen molar-refractivity contribution in [1.29, 1.82) is 0 Å². The third-order valence-corrected chi connectivity index (χ3v) is 6.64. The largest absolute Gasteiger partial charge is 0.295 e. The molecule has 0 atom stereocenters. The quantitative estimate of drug-likeness (QED) is 0.410. The molecule has 33 heavy (non-hydrogen) atoms. The first kappa shape index (κ1) is 22.3. The van der Waals surface area contributed by atoms with Crippen LogP contribution in [0, 0.1) is 20.8 Å². The van der Waals surface area contributed by atoms with Gasteiger partial charge in [-0.3, -0.25) is 19.6 Å². The molecule has 0 unspecified atom stereocenters. The fraction of sp³-hybridized carbons (Fsp3) is 0.120. The van der Waals surface area contributed by atoms with Crippen LogP contribution in [0.25, 0.3) is 5.69 Å². The molecule has 0 amide bonds. The third kappa shape index (κ3) is 4.80. The predicted octanol–water partition coefficient (Wildman–Crippen LogP) is 4.64. The summed E-state index contributed by atoms with van der Waals surface area (Å²) in [4.78, 5) is 17.4. The summed E-state index contributed by atoms with van der Waals surface area (Å²) >= 11 is 0. The number of anilines is 1. The third-order valence-electron chi connectivity index (χ3n) is 5.26. The summed E-state index contributed by atoms with van der Waals surface area (Å²) in [5, 5.41) is 3.07. The lowest BCUT2D eigenvalue weighted by Crippen LogP contribution is -2.17. The Morgan fingerprint density at radius 1 is 0.939 bits per heavy atom. The summed E-state index contributed by atoms with van der Waals surface area (Å²) < 4.78 is 29.5. The SMILES string of the molecule is Cc1cccc(-n2[nH]c(C)c(C=Nc3ccc(S(=O)(=O)Nc4ccccc4C)cc3)c2=O)c1. The maximum absolute atomic E-state index is 12.9. The number of sulfonamides is 1. The Hall–Kier alpha value is -3.91. The minimum atomic E-state index is -3.72. The molecule has 7 nitrogen and oxygen atoms in total. The van der Waals surface area contributed by atoms with Gasteiger partial charge in [-0.15, -0.1) is 0 Å². The molecule has 2 N–H and O–H groups in total. The molecular formula is C25H24N4O3S. The van der Waals surface area contributed by atoms with Gasteiger partial charge >= 0.3 is 0 Å². The van der Waals surface area contributed by atoms with Gasteiger partial charge in [0.05, 0.1) is 27.5 Å². The predicted molar refractivity (Wildman–Crippen MR) is 132 cm³/mol. The normalized spacial score (nSPS) is 11.7. The van der Waals surface area contributed by atoms with E-state index in [1.807, 2.05) is 57.2 Å². The maximum Gasteiger partial charge on any atom is 0.280 e. The number of aryl methyl sites for hydroxylation is 3. The number of nitrogens with one attached hydrogen (secondary N) is 2. The Morgan fingerprint density at radius 2 is 1.67 bits per heavy atom. The van der Waals surface area contributed by atoms with Gasteiger partial charge in [-0.2, -0.15) is 0 Å². The second-order valence-electron chi connectivity index (χ2n) is 7.80. The van der Waals surface area contributed by atoms with E-state index in [0.29, 0.717) is 22.6 Å². The van der Waals surface area contributed by atoms with E-state index in [0.717, 1.165) is 16.8 Å². The summed E-state index contributed by atoms with van der Waals surface area (Å²) in [5.74, 6) is 0. The number of rotatable bonds is 6. The molecule has 8 heteroatoms. The van der Waals surface area contributed by atoms with E-state index in [2.05, 4.69) is 14.8 Å². The summed E-state index contributed by atoms with van der Waals surface area (Å²) in [6.07, 6.45) is 1.50. The number of benzene rings is 3. The molecule has 0 saturated carbocycles. The Balaban J connectivity index is 1.56. The summed E-state index contributed by atoms with van der Waals surface area (Å²) in [6.45, 7) is 5.61. The number of aromatic amines is 1. The highest BCUT2D eigenvalue weighted by molar-refractivity contribution is 7.92. The molecule has 1 aromatic heterocycles. The van der Waals surface area contributed by atoms with Crippen molar-refractivity contribution in [3.8, 4) is 5.69 Å². The Bertz CT molecular complexity index is 1500. The lowest BCUT2D eigenvalue weighted by atomic mass is 10.2. The number of hydrogen-bond donors (Lipinski definition) is 2. The molecule has 0 fully saturated rings. The minimum absolute atomic E-state index is 0.129. The number of aromatic nitrogens is 2. The van der Waals surface area contributed by atoms with Crippen molar-refractivity contribution in [1.82, 2.24) is 9.78 Å². The molecular weight excluding hydrogens is 436 g/mol. The van der Waals surface area contributed by atoms with Gasteiger partial charge in [0.25, 0.3) is 15.6 Å². The van der Waals surface area contributed by atoms with Gasteiger partial charge in [0, 0.05) is 11.9 Å². The molecule has 0 saturated heterocycles. The van der Waals surface area contributed by atoms with Crippen molar-refractivity contribution in [3.05, 3.63) is 106 Å². The molecule has 0 spiro atoms. The molecule has 0 aliphatic heterocycles. The highest BCUT2D eigenvalue weighted by Crippen LogP contribution is 2.21. The van der Waals surface area contributed by atoms with Crippen molar-refractivity contribution in [2.24, 2.45) is 4.99 Å². The zero-order valence-corrected chi connectivity index (χ0v) is 19.3.